The lowest BCUT2D eigenvalue weighted by atomic mass is 9.96. The van der Waals surface area contributed by atoms with E-state index in [0.29, 0.717) is 12.6 Å². The van der Waals surface area contributed by atoms with Crippen LogP contribution in [0.5, 0.6) is 0 Å². The van der Waals surface area contributed by atoms with Gasteiger partial charge in [-0.05, 0) is 70.6 Å². The number of nitrogens with one attached hydrogen (secondary N) is 1. The van der Waals surface area contributed by atoms with Crippen molar-refractivity contribution in [2.45, 2.75) is 50.6 Å². The average molecular weight is 295 g/mol. The van der Waals surface area contributed by atoms with Crippen LogP contribution in [0.15, 0.2) is 0 Å². The van der Waals surface area contributed by atoms with Crippen LogP contribution in [0.2, 0.25) is 0 Å². The molecule has 0 aromatic carbocycles. The van der Waals surface area contributed by atoms with Crippen molar-refractivity contribution < 1.29 is 9.90 Å². The molecular formula is C16H29N3O2. The standard InChI is InChI=1S/C16H29N3O2/c20-16(21)15(17-14-3-4-14)12-19-9-5-13(6-10-19)11-18-7-1-2-8-18/h13-15,17H,1-12H2,(H,20,21). The van der Waals surface area contributed by atoms with Crippen molar-refractivity contribution in [2.75, 3.05) is 39.3 Å². The molecule has 120 valence electrons. The molecule has 5 heteroatoms. The van der Waals surface area contributed by atoms with Gasteiger partial charge in [0.25, 0.3) is 0 Å². The van der Waals surface area contributed by atoms with Crippen molar-refractivity contribution in [1.29, 1.82) is 0 Å². The summed E-state index contributed by atoms with van der Waals surface area (Å²) in [6, 6.07) is 0.0754. The van der Waals surface area contributed by atoms with Crippen molar-refractivity contribution in [1.82, 2.24) is 15.1 Å². The van der Waals surface area contributed by atoms with Gasteiger partial charge in [0, 0.05) is 19.1 Å². The first-order chi connectivity index (χ1) is 10.2. The molecule has 0 aromatic heterocycles. The molecule has 2 aliphatic heterocycles. The van der Waals surface area contributed by atoms with Gasteiger partial charge in [-0.3, -0.25) is 4.79 Å². The monoisotopic (exact) mass is 295 g/mol. The maximum Gasteiger partial charge on any atom is 0.322 e. The molecule has 0 spiro atoms. The van der Waals surface area contributed by atoms with Crippen LogP contribution < -0.4 is 5.32 Å². The zero-order chi connectivity index (χ0) is 14.7. The quantitative estimate of drug-likeness (QED) is 0.734. The number of aliphatic carboxylic acids is 1. The highest BCUT2D eigenvalue weighted by atomic mass is 16.4. The highest BCUT2D eigenvalue weighted by Crippen LogP contribution is 2.22. The number of piperidine rings is 1. The van der Waals surface area contributed by atoms with Gasteiger partial charge < -0.3 is 20.2 Å². The topological polar surface area (TPSA) is 55.8 Å². The number of hydrogen-bond donors (Lipinski definition) is 2. The maximum atomic E-state index is 11.3. The number of nitrogens with zero attached hydrogens (tertiary/aromatic N) is 2. The van der Waals surface area contributed by atoms with E-state index in [1.165, 1.54) is 45.3 Å². The van der Waals surface area contributed by atoms with E-state index >= 15 is 0 Å². The van der Waals surface area contributed by atoms with Crippen LogP contribution in [0.1, 0.15) is 38.5 Å². The first-order valence-corrected chi connectivity index (χ1v) is 8.64. The molecule has 5 nitrogen and oxygen atoms in total. The Morgan fingerprint density at radius 1 is 1.05 bits per heavy atom. The molecule has 1 saturated carbocycles. The zero-order valence-corrected chi connectivity index (χ0v) is 13.0. The SMILES string of the molecule is O=C(O)C(CN1CCC(CN2CCCC2)CC1)NC1CC1. The van der Waals surface area contributed by atoms with Crippen LogP contribution in [-0.4, -0.2) is 72.2 Å². The Morgan fingerprint density at radius 2 is 1.71 bits per heavy atom. The van der Waals surface area contributed by atoms with Gasteiger partial charge in [0.15, 0.2) is 0 Å². The van der Waals surface area contributed by atoms with E-state index < -0.39 is 5.97 Å². The van der Waals surface area contributed by atoms with Gasteiger partial charge in [0.1, 0.15) is 6.04 Å². The van der Waals surface area contributed by atoms with E-state index in [2.05, 4.69) is 15.1 Å². The molecule has 0 bridgehead atoms. The second-order valence-corrected chi connectivity index (χ2v) is 7.08. The third kappa shape index (κ3) is 4.66. The summed E-state index contributed by atoms with van der Waals surface area (Å²) in [6.45, 7) is 6.63. The van der Waals surface area contributed by atoms with Gasteiger partial charge in [-0.15, -0.1) is 0 Å². The van der Waals surface area contributed by atoms with Gasteiger partial charge in [-0.1, -0.05) is 0 Å². The Kier molecular flexibility index (Phi) is 5.14. The fraction of sp³-hybridized carbons (Fsp3) is 0.938. The summed E-state index contributed by atoms with van der Waals surface area (Å²) in [5.41, 5.74) is 0. The summed E-state index contributed by atoms with van der Waals surface area (Å²) < 4.78 is 0. The average Bonchev–Trinajstić information content (AvgIpc) is 3.14. The summed E-state index contributed by atoms with van der Waals surface area (Å²) in [4.78, 5) is 16.3. The minimum Gasteiger partial charge on any atom is -0.480 e. The highest BCUT2D eigenvalue weighted by molar-refractivity contribution is 5.73. The normalized spacial score (nSPS) is 27.0. The number of rotatable bonds is 7. The van der Waals surface area contributed by atoms with Crippen molar-refractivity contribution in [2.24, 2.45) is 5.92 Å². The second kappa shape index (κ2) is 7.07. The first-order valence-electron chi connectivity index (χ1n) is 8.64. The Hall–Kier alpha value is -0.650. The first kappa shape index (κ1) is 15.3. The number of likely N-dealkylation sites (tertiary alicyclic amines) is 2. The van der Waals surface area contributed by atoms with Crippen LogP contribution >= 0.6 is 0 Å². The van der Waals surface area contributed by atoms with Crippen molar-refractivity contribution in [3.63, 3.8) is 0 Å². The largest absolute Gasteiger partial charge is 0.480 e. The summed E-state index contributed by atoms with van der Waals surface area (Å²) in [7, 11) is 0. The highest BCUT2D eigenvalue weighted by Gasteiger charge is 2.31. The molecule has 1 aliphatic carbocycles. The van der Waals surface area contributed by atoms with Crippen LogP contribution in [0.3, 0.4) is 0 Å². The third-order valence-electron chi connectivity index (χ3n) is 5.18. The van der Waals surface area contributed by atoms with Gasteiger partial charge in [-0.2, -0.15) is 0 Å². The van der Waals surface area contributed by atoms with Gasteiger partial charge in [0.05, 0.1) is 0 Å². The number of carbonyl (C=O) groups is 1. The zero-order valence-electron chi connectivity index (χ0n) is 13.0. The predicted molar refractivity (Wildman–Crippen MR) is 82.4 cm³/mol. The molecule has 1 unspecified atom stereocenters. The molecule has 21 heavy (non-hydrogen) atoms. The molecule has 3 rings (SSSR count). The van der Waals surface area contributed by atoms with Gasteiger partial charge in [0.2, 0.25) is 0 Å². The summed E-state index contributed by atoms with van der Waals surface area (Å²) in [5.74, 6) is 0.125. The minimum absolute atomic E-state index is 0.382. The molecular weight excluding hydrogens is 266 g/mol. The molecule has 1 atom stereocenters. The Balaban J connectivity index is 1.38. The van der Waals surface area contributed by atoms with Gasteiger partial charge >= 0.3 is 5.97 Å². The predicted octanol–water partition coefficient (Wildman–Crippen LogP) is 0.999. The molecule has 0 radical (unpaired) electrons. The van der Waals surface area contributed by atoms with Crippen LogP contribution in [0.25, 0.3) is 0 Å². The molecule has 0 amide bonds. The van der Waals surface area contributed by atoms with E-state index in [4.69, 9.17) is 0 Å². The molecule has 0 aromatic rings. The lowest BCUT2D eigenvalue weighted by Gasteiger charge is -2.35. The smallest absolute Gasteiger partial charge is 0.322 e. The molecule has 2 heterocycles. The number of carboxylic acids is 1. The molecule has 3 fully saturated rings. The fourth-order valence-corrected chi connectivity index (χ4v) is 3.68. The fourth-order valence-electron chi connectivity index (χ4n) is 3.68. The molecule has 2 saturated heterocycles. The lowest BCUT2D eigenvalue weighted by Crippen LogP contribution is -2.49. The number of hydrogen-bond acceptors (Lipinski definition) is 4. The Labute approximate surface area is 127 Å². The molecule has 2 N–H and O–H groups in total. The van der Waals surface area contributed by atoms with Crippen molar-refractivity contribution in [3.8, 4) is 0 Å². The lowest BCUT2D eigenvalue weighted by molar-refractivity contribution is -0.140. The van der Waals surface area contributed by atoms with E-state index in [1.54, 1.807) is 0 Å². The third-order valence-corrected chi connectivity index (χ3v) is 5.18. The summed E-state index contributed by atoms with van der Waals surface area (Å²) >= 11 is 0. The Bertz CT molecular complexity index is 345. The van der Waals surface area contributed by atoms with Crippen LogP contribution in [0, 0.1) is 5.92 Å². The maximum absolute atomic E-state index is 11.3. The molecule has 3 aliphatic rings. The van der Waals surface area contributed by atoms with Gasteiger partial charge in [-0.25, -0.2) is 0 Å². The second-order valence-electron chi connectivity index (χ2n) is 7.08. The number of carboxylic acid groups (broad SMARTS) is 1. The Morgan fingerprint density at radius 3 is 2.29 bits per heavy atom. The van der Waals surface area contributed by atoms with E-state index in [0.717, 1.165) is 31.8 Å². The van der Waals surface area contributed by atoms with E-state index in [9.17, 15) is 9.90 Å². The van der Waals surface area contributed by atoms with Crippen molar-refractivity contribution in [3.05, 3.63) is 0 Å². The van der Waals surface area contributed by atoms with Crippen molar-refractivity contribution >= 4 is 5.97 Å². The van der Waals surface area contributed by atoms with Crippen LogP contribution in [0.4, 0.5) is 0 Å². The summed E-state index contributed by atoms with van der Waals surface area (Å²) in [5, 5.41) is 12.6. The van der Waals surface area contributed by atoms with E-state index in [1.807, 2.05) is 0 Å². The minimum atomic E-state index is -0.693. The van der Waals surface area contributed by atoms with E-state index in [-0.39, 0.29) is 6.04 Å². The summed E-state index contributed by atoms with van der Waals surface area (Å²) in [6.07, 6.45) is 7.47. The van der Waals surface area contributed by atoms with Crippen LogP contribution in [-0.2, 0) is 4.79 Å².